The van der Waals surface area contributed by atoms with E-state index in [-0.39, 0.29) is 0 Å². The molecule has 0 aromatic heterocycles. The molecule has 2 nitrogen and oxygen atoms in total. The summed E-state index contributed by atoms with van der Waals surface area (Å²) in [5.41, 5.74) is 0.332. The molecule has 2 fully saturated rings. The molecule has 88 valence electrons. The first-order chi connectivity index (χ1) is 7.14. The maximum atomic E-state index is 5.75. The maximum absolute atomic E-state index is 5.75. The second kappa shape index (κ2) is 4.42. The zero-order valence-corrected chi connectivity index (χ0v) is 10.4. The molecule has 0 radical (unpaired) electrons. The van der Waals surface area contributed by atoms with Crippen LogP contribution in [0.1, 0.15) is 52.9 Å². The lowest BCUT2D eigenvalue weighted by atomic mass is 9.64. The van der Waals surface area contributed by atoms with Crippen molar-refractivity contribution in [3.63, 3.8) is 0 Å². The first-order valence-corrected chi connectivity index (χ1v) is 6.52. The molecule has 0 aliphatic heterocycles. The highest BCUT2D eigenvalue weighted by Crippen LogP contribution is 2.43. The van der Waals surface area contributed by atoms with Gasteiger partial charge in [0.1, 0.15) is 0 Å². The third kappa shape index (κ3) is 2.21. The zero-order chi connectivity index (χ0) is 10.9. The minimum Gasteiger partial charge on any atom is -0.378 e. The largest absolute Gasteiger partial charge is 0.378 e. The van der Waals surface area contributed by atoms with E-state index in [1.807, 2.05) is 0 Å². The Hall–Kier alpha value is -0.0800. The summed E-state index contributed by atoms with van der Waals surface area (Å²) >= 11 is 0. The van der Waals surface area contributed by atoms with Crippen LogP contribution < -0.4 is 5.32 Å². The summed E-state index contributed by atoms with van der Waals surface area (Å²) in [5.74, 6) is 0. The van der Waals surface area contributed by atoms with Gasteiger partial charge in [-0.25, -0.2) is 0 Å². The second-order valence-corrected chi connectivity index (χ2v) is 5.70. The predicted molar refractivity (Wildman–Crippen MR) is 63.0 cm³/mol. The molecule has 2 aliphatic carbocycles. The van der Waals surface area contributed by atoms with Gasteiger partial charge in [-0.1, -0.05) is 26.7 Å². The Morgan fingerprint density at radius 3 is 2.47 bits per heavy atom. The molecule has 2 heteroatoms. The van der Waals surface area contributed by atoms with Gasteiger partial charge >= 0.3 is 0 Å². The molecule has 0 bridgehead atoms. The van der Waals surface area contributed by atoms with Gasteiger partial charge in [-0.3, -0.25) is 0 Å². The SMILES string of the molecule is CCOC1CC(NC2CCCC2)C1(C)C. The molecule has 0 aromatic rings. The molecular formula is C13H25NO. The number of nitrogens with one attached hydrogen (secondary N) is 1. The Morgan fingerprint density at radius 1 is 1.27 bits per heavy atom. The van der Waals surface area contributed by atoms with Crippen LogP contribution in [-0.4, -0.2) is 24.8 Å². The van der Waals surface area contributed by atoms with Crippen molar-refractivity contribution in [2.45, 2.75) is 71.1 Å². The Morgan fingerprint density at radius 2 is 1.93 bits per heavy atom. The van der Waals surface area contributed by atoms with Gasteiger partial charge in [0.25, 0.3) is 0 Å². The van der Waals surface area contributed by atoms with Crippen molar-refractivity contribution < 1.29 is 4.74 Å². The summed E-state index contributed by atoms with van der Waals surface area (Å²) < 4.78 is 5.75. The third-order valence-electron chi connectivity index (χ3n) is 4.34. The topological polar surface area (TPSA) is 21.3 Å². The minimum atomic E-state index is 0.332. The summed E-state index contributed by atoms with van der Waals surface area (Å²) in [4.78, 5) is 0. The molecule has 0 spiro atoms. The van der Waals surface area contributed by atoms with E-state index in [0.717, 1.165) is 12.6 Å². The van der Waals surface area contributed by atoms with Crippen molar-refractivity contribution in [1.82, 2.24) is 5.32 Å². The quantitative estimate of drug-likeness (QED) is 0.772. The highest BCUT2D eigenvalue weighted by atomic mass is 16.5. The predicted octanol–water partition coefficient (Wildman–Crippen LogP) is 2.72. The summed E-state index contributed by atoms with van der Waals surface area (Å²) in [7, 11) is 0. The van der Waals surface area contributed by atoms with Gasteiger partial charge in [-0.05, 0) is 26.2 Å². The van der Waals surface area contributed by atoms with E-state index in [9.17, 15) is 0 Å². The van der Waals surface area contributed by atoms with Gasteiger partial charge in [0.05, 0.1) is 6.10 Å². The van der Waals surface area contributed by atoms with Crippen molar-refractivity contribution in [2.24, 2.45) is 5.41 Å². The molecule has 2 unspecified atom stereocenters. The van der Waals surface area contributed by atoms with E-state index >= 15 is 0 Å². The average Bonchev–Trinajstić information content (AvgIpc) is 2.69. The van der Waals surface area contributed by atoms with Crippen LogP contribution in [0, 0.1) is 5.41 Å². The first-order valence-electron chi connectivity index (χ1n) is 6.52. The van der Waals surface area contributed by atoms with Crippen molar-refractivity contribution in [3.05, 3.63) is 0 Å². The average molecular weight is 211 g/mol. The molecule has 0 heterocycles. The molecule has 2 atom stereocenters. The van der Waals surface area contributed by atoms with Gasteiger partial charge in [-0.2, -0.15) is 0 Å². The van der Waals surface area contributed by atoms with Crippen LogP contribution in [-0.2, 0) is 4.74 Å². The second-order valence-electron chi connectivity index (χ2n) is 5.70. The molecule has 2 aliphatic rings. The Labute approximate surface area is 93.8 Å². The Kier molecular flexibility index (Phi) is 3.36. The molecule has 1 N–H and O–H groups in total. The van der Waals surface area contributed by atoms with Gasteiger partial charge in [0.15, 0.2) is 0 Å². The maximum Gasteiger partial charge on any atom is 0.0655 e. The monoisotopic (exact) mass is 211 g/mol. The lowest BCUT2D eigenvalue weighted by Crippen LogP contribution is -2.62. The third-order valence-corrected chi connectivity index (χ3v) is 4.34. The molecule has 2 saturated carbocycles. The first kappa shape index (κ1) is 11.4. The summed E-state index contributed by atoms with van der Waals surface area (Å²) in [5, 5.41) is 3.81. The fourth-order valence-electron chi connectivity index (χ4n) is 3.03. The summed E-state index contributed by atoms with van der Waals surface area (Å²) in [6.45, 7) is 7.62. The van der Waals surface area contributed by atoms with E-state index in [4.69, 9.17) is 4.74 Å². The number of ether oxygens (including phenoxy) is 1. The number of rotatable bonds is 4. The summed E-state index contributed by atoms with van der Waals surface area (Å²) in [6.07, 6.45) is 7.27. The standard InChI is InChI=1S/C13H25NO/c1-4-15-12-9-11(13(12,2)3)14-10-7-5-6-8-10/h10-12,14H,4-9H2,1-3H3. The van der Waals surface area contributed by atoms with Crippen LogP contribution in [0.15, 0.2) is 0 Å². The van der Waals surface area contributed by atoms with Crippen LogP contribution >= 0.6 is 0 Å². The lowest BCUT2D eigenvalue weighted by Gasteiger charge is -2.52. The van der Waals surface area contributed by atoms with Crippen LogP contribution in [0.3, 0.4) is 0 Å². The fraction of sp³-hybridized carbons (Fsp3) is 1.00. The van der Waals surface area contributed by atoms with Gasteiger partial charge in [-0.15, -0.1) is 0 Å². The van der Waals surface area contributed by atoms with Crippen molar-refractivity contribution >= 4 is 0 Å². The Balaban J connectivity index is 1.80. The molecular weight excluding hydrogens is 186 g/mol. The van der Waals surface area contributed by atoms with E-state index in [2.05, 4.69) is 26.1 Å². The van der Waals surface area contributed by atoms with Crippen molar-refractivity contribution in [1.29, 1.82) is 0 Å². The fourth-order valence-corrected chi connectivity index (χ4v) is 3.03. The Bertz CT molecular complexity index is 209. The van der Waals surface area contributed by atoms with Crippen LogP contribution in [0.4, 0.5) is 0 Å². The van der Waals surface area contributed by atoms with Gasteiger partial charge in [0, 0.05) is 24.1 Å². The number of hydrogen-bond donors (Lipinski definition) is 1. The molecule has 0 saturated heterocycles. The van der Waals surface area contributed by atoms with E-state index in [1.165, 1.54) is 32.1 Å². The highest BCUT2D eigenvalue weighted by molar-refractivity contribution is 5.03. The smallest absolute Gasteiger partial charge is 0.0655 e. The lowest BCUT2D eigenvalue weighted by molar-refractivity contribution is -0.116. The van der Waals surface area contributed by atoms with E-state index < -0.39 is 0 Å². The zero-order valence-electron chi connectivity index (χ0n) is 10.4. The van der Waals surface area contributed by atoms with E-state index in [0.29, 0.717) is 17.6 Å². The highest BCUT2D eigenvalue weighted by Gasteiger charge is 2.49. The van der Waals surface area contributed by atoms with Crippen LogP contribution in [0.2, 0.25) is 0 Å². The molecule has 0 aromatic carbocycles. The van der Waals surface area contributed by atoms with Crippen LogP contribution in [0.5, 0.6) is 0 Å². The molecule has 2 rings (SSSR count). The van der Waals surface area contributed by atoms with Gasteiger partial charge in [0.2, 0.25) is 0 Å². The molecule has 15 heavy (non-hydrogen) atoms. The minimum absolute atomic E-state index is 0.332. The number of hydrogen-bond acceptors (Lipinski definition) is 2. The van der Waals surface area contributed by atoms with Crippen LogP contribution in [0.25, 0.3) is 0 Å². The van der Waals surface area contributed by atoms with Crippen molar-refractivity contribution in [2.75, 3.05) is 6.61 Å². The summed E-state index contributed by atoms with van der Waals surface area (Å²) in [6, 6.07) is 1.47. The van der Waals surface area contributed by atoms with Gasteiger partial charge < -0.3 is 10.1 Å². The molecule has 0 amide bonds. The van der Waals surface area contributed by atoms with E-state index in [1.54, 1.807) is 0 Å². The van der Waals surface area contributed by atoms with Crippen molar-refractivity contribution in [3.8, 4) is 0 Å². The normalized spacial score (nSPS) is 35.4.